The van der Waals surface area contributed by atoms with Crippen LogP contribution in [-0.2, 0) is 15.9 Å². The highest BCUT2D eigenvalue weighted by atomic mass is 35.5. The molecule has 1 atom stereocenters. The number of benzene rings is 1. The van der Waals surface area contributed by atoms with Gasteiger partial charge in [-0.15, -0.1) is 11.6 Å². The van der Waals surface area contributed by atoms with Crippen LogP contribution in [-0.4, -0.2) is 25.3 Å². The summed E-state index contributed by atoms with van der Waals surface area (Å²) < 4.78 is 27.1. The van der Waals surface area contributed by atoms with Gasteiger partial charge in [0, 0.05) is 23.5 Å². The molecule has 0 N–H and O–H groups in total. The Balaban J connectivity index is 2.51. The highest BCUT2D eigenvalue weighted by Crippen LogP contribution is 2.34. The molecule has 0 amide bonds. The van der Waals surface area contributed by atoms with E-state index < -0.39 is 10.0 Å². The van der Waals surface area contributed by atoms with Crippen LogP contribution >= 0.6 is 34.8 Å². The van der Waals surface area contributed by atoms with E-state index in [1.165, 1.54) is 10.4 Å². The van der Waals surface area contributed by atoms with Crippen molar-refractivity contribution in [1.29, 1.82) is 0 Å². The van der Waals surface area contributed by atoms with Crippen LogP contribution in [0, 0.1) is 0 Å². The molecule has 1 unspecified atom stereocenters. The van der Waals surface area contributed by atoms with Crippen molar-refractivity contribution in [2.24, 2.45) is 0 Å². The monoisotopic (exact) mass is 355 g/mol. The SMILES string of the molecule is CC1CCCCN1S(=O)(=O)c1cc(Cl)cc(CCl)c1Cl. The minimum absolute atomic E-state index is 0.0248. The van der Waals surface area contributed by atoms with Gasteiger partial charge in [0.15, 0.2) is 0 Å². The number of piperidine rings is 1. The molecule has 1 aliphatic rings. The zero-order valence-corrected chi connectivity index (χ0v) is 14.2. The molecule has 0 saturated carbocycles. The quantitative estimate of drug-likeness (QED) is 0.757. The topological polar surface area (TPSA) is 37.4 Å². The lowest BCUT2D eigenvalue weighted by Crippen LogP contribution is -2.42. The molecule has 0 bridgehead atoms. The van der Waals surface area contributed by atoms with Gasteiger partial charge in [-0.2, -0.15) is 4.31 Å². The van der Waals surface area contributed by atoms with E-state index >= 15 is 0 Å². The normalized spacial score (nSPS) is 21.1. The maximum atomic E-state index is 12.8. The summed E-state index contributed by atoms with van der Waals surface area (Å²) in [5.41, 5.74) is 0.532. The summed E-state index contributed by atoms with van der Waals surface area (Å²) in [6.45, 7) is 2.43. The van der Waals surface area contributed by atoms with Crippen LogP contribution in [0.3, 0.4) is 0 Å². The summed E-state index contributed by atoms with van der Waals surface area (Å²) in [6, 6.07) is 2.97. The maximum Gasteiger partial charge on any atom is 0.244 e. The average Bonchev–Trinajstić information content (AvgIpc) is 2.41. The number of sulfonamides is 1. The zero-order chi connectivity index (χ0) is 14.9. The van der Waals surface area contributed by atoms with Crippen LogP contribution < -0.4 is 0 Å². The summed E-state index contributed by atoms with van der Waals surface area (Å²) in [5, 5.41) is 0.496. The fourth-order valence-electron chi connectivity index (χ4n) is 2.46. The van der Waals surface area contributed by atoms with Gasteiger partial charge in [0.25, 0.3) is 0 Å². The number of nitrogens with zero attached hydrogens (tertiary/aromatic N) is 1. The van der Waals surface area contributed by atoms with Gasteiger partial charge in [0.05, 0.1) is 5.02 Å². The van der Waals surface area contributed by atoms with Gasteiger partial charge >= 0.3 is 0 Å². The standard InChI is InChI=1S/C13H16Cl3NO2S/c1-9-4-2-3-5-17(9)20(18,19)12-7-11(15)6-10(8-14)13(12)16/h6-7,9H,2-5,8H2,1H3. The smallest absolute Gasteiger partial charge is 0.207 e. The molecule has 20 heavy (non-hydrogen) atoms. The Morgan fingerprint density at radius 3 is 2.60 bits per heavy atom. The van der Waals surface area contributed by atoms with Crippen LogP contribution in [0.25, 0.3) is 0 Å². The van der Waals surface area contributed by atoms with Crippen molar-refractivity contribution < 1.29 is 8.42 Å². The Morgan fingerprint density at radius 2 is 2.00 bits per heavy atom. The van der Waals surface area contributed by atoms with Gasteiger partial charge in [0.2, 0.25) is 10.0 Å². The van der Waals surface area contributed by atoms with Crippen LogP contribution in [0.2, 0.25) is 10.0 Å². The lowest BCUT2D eigenvalue weighted by atomic mass is 10.1. The van der Waals surface area contributed by atoms with Crippen molar-refractivity contribution in [2.45, 2.75) is 43.0 Å². The molecule has 1 fully saturated rings. The summed E-state index contributed by atoms with van der Waals surface area (Å²) in [6.07, 6.45) is 2.77. The molecule has 1 heterocycles. The molecule has 0 aromatic heterocycles. The fourth-order valence-corrected chi connectivity index (χ4v) is 5.35. The maximum absolute atomic E-state index is 12.8. The molecule has 0 spiro atoms. The molecule has 1 saturated heterocycles. The predicted molar refractivity (Wildman–Crippen MR) is 83.2 cm³/mol. The fraction of sp³-hybridized carbons (Fsp3) is 0.538. The van der Waals surface area contributed by atoms with E-state index in [9.17, 15) is 8.42 Å². The molecule has 1 aromatic carbocycles. The third-order valence-electron chi connectivity index (χ3n) is 3.55. The molecular weight excluding hydrogens is 341 g/mol. The van der Waals surface area contributed by atoms with Gasteiger partial charge in [-0.25, -0.2) is 8.42 Å². The Labute approximate surface area is 134 Å². The molecule has 1 aliphatic heterocycles. The summed E-state index contributed by atoms with van der Waals surface area (Å²) in [7, 11) is -3.64. The first-order valence-electron chi connectivity index (χ1n) is 6.43. The predicted octanol–water partition coefficient (Wildman–Crippen LogP) is 4.30. The number of hydrogen-bond donors (Lipinski definition) is 0. The molecule has 112 valence electrons. The third kappa shape index (κ3) is 3.09. The highest BCUT2D eigenvalue weighted by Gasteiger charge is 2.33. The van der Waals surface area contributed by atoms with Gasteiger partial charge in [-0.3, -0.25) is 0 Å². The van der Waals surface area contributed by atoms with Crippen molar-refractivity contribution in [3.63, 3.8) is 0 Å². The number of hydrogen-bond acceptors (Lipinski definition) is 2. The first-order chi connectivity index (χ1) is 9.37. The first kappa shape index (κ1) is 16.4. The van der Waals surface area contributed by atoms with Gasteiger partial charge < -0.3 is 0 Å². The van der Waals surface area contributed by atoms with Crippen molar-refractivity contribution >= 4 is 44.8 Å². The third-order valence-corrected chi connectivity index (χ3v) is 6.65. The van der Waals surface area contributed by atoms with Gasteiger partial charge in [-0.1, -0.05) is 29.6 Å². The molecular formula is C13H16Cl3NO2S. The van der Waals surface area contributed by atoms with Crippen molar-refractivity contribution in [2.75, 3.05) is 6.54 Å². The summed E-state index contributed by atoms with van der Waals surface area (Å²) in [5.74, 6) is 0.122. The van der Waals surface area contributed by atoms with E-state index in [4.69, 9.17) is 34.8 Å². The second-order valence-electron chi connectivity index (χ2n) is 4.97. The molecule has 0 aliphatic carbocycles. The number of alkyl halides is 1. The molecule has 7 heteroatoms. The molecule has 2 rings (SSSR count). The molecule has 0 radical (unpaired) electrons. The summed E-state index contributed by atoms with van der Waals surface area (Å²) in [4.78, 5) is 0.0519. The Morgan fingerprint density at radius 1 is 1.30 bits per heavy atom. The van der Waals surface area contributed by atoms with E-state index in [0.717, 1.165) is 19.3 Å². The highest BCUT2D eigenvalue weighted by molar-refractivity contribution is 7.89. The van der Waals surface area contributed by atoms with Crippen LogP contribution in [0.15, 0.2) is 17.0 Å². The van der Waals surface area contributed by atoms with Gasteiger partial charge in [-0.05, 0) is 37.5 Å². The second kappa shape index (κ2) is 6.41. The van der Waals surface area contributed by atoms with E-state index in [2.05, 4.69) is 0 Å². The van der Waals surface area contributed by atoms with Crippen LogP contribution in [0.4, 0.5) is 0 Å². The van der Waals surface area contributed by atoms with Gasteiger partial charge in [0.1, 0.15) is 4.90 Å². The van der Waals surface area contributed by atoms with E-state index in [0.29, 0.717) is 17.1 Å². The second-order valence-corrected chi connectivity index (χ2v) is 7.91. The van der Waals surface area contributed by atoms with Crippen molar-refractivity contribution in [1.82, 2.24) is 4.31 Å². The van der Waals surface area contributed by atoms with Crippen LogP contribution in [0.5, 0.6) is 0 Å². The molecule has 1 aromatic rings. The largest absolute Gasteiger partial charge is 0.244 e. The Hall–Kier alpha value is -0.000000000000000111. The number of halogens is 3. The van der Waals surface area contributed by atoms with Crippen molar-refractivity contribution in [3.8, 4) is 0 Å². The van der Waals surface area contributed by atoms with Crippen molar-refractivity contribution in [3.05, 3.63) is 27.7 Å². The minimum Gasteiger partial charge on any atom is -0.207 e. The Bertz CT molecular complexity index is 604. The first-order valence-corrected chi connectivity index (χ1v) is 9.16. The summed E-state index contributed by atoms with van der Waals surface area (Å²) >= 11 is 18.0. The van der Waals surface area contributed by atoms with E-state index in [-0.39, 0.29) is 21.8 Å². The van der Waals surface area contributed by atoms with E-state index in [1.807, 2.05) is 6.92 Å². The number of rotatable bonds is 3. The average molecular weight is 357 g/mol. The molecule has 3 nitrogen and oxygen atoms in total. The van der Waals surface area contributed by atoms with E-state index in [1.54, 1.807) is 6.07 Å². The lowest BCUT2D eigenvalue weighted by molar-refractivity contribution is 0.268. The zero-order valence-electron chi connectivity index (χ0n) is 11.1. The lowest BCUT2D eigenvalue weighted by Gasteiger charge is -2.32. The van der Waals surface area contributed by atoms with Crippen LogP contribution in [0.1, 0.15) is 31.7 Å². The minimum atomic E-state index is -3.64. The Kier molecular flexibility index (Phi) is 5.24.